The molecule has 0 bridgehead atoms. The van der Waals surface area contributed by atoms with Crippen molar-refractivity contribution < 1.29 is 19.0 Å². The van der Waals surface area contributed by atoms with E-state index < -0.39 is 6.10 Å². The second kappa shape index (κ2) is 8.82. The molecule has 1 atom stereocenters. The summed E-state index contributed by atoms with van der Waals surface area (Å²) in [5, 5.41) is 2.79. The van der Waals surface area contributed by atoms with Gasteiger partial charge in [0.2, 0.25) is 0 Å². The highest BCUT2D eigenvalue weighted by molar-refractivity contribution is 5.80. The first-order valence-electron chi connectivity index (χ1n) is 7.87. The summed E-state index contributed by atoms with van der Waals surface area (Å²) in [6.45, 7) is 4.46. The molecule has 2 aromatic rings. The second-order valence-electron chi connectivity index (χ2n) is 5.36. The van der Waals surface area contributed by atoms with Crippen molar-refractivity contribution in [2.24, 2.45) is 0 Å². The van der Waals surface area contributed by atoms with Crippen molar-refractivity contribution in [1.82, 2.24) is 5.32 Å². The van der Waals surface area contributed by atoms with Crippen LogP contribution >= 0.6 is 0 Å². The normalized spacial score (nSPS) is 11.5. The monoisotopic (exact) mass is 329 g/mol. The third-order valence-electron chi connectivity index (χ3n) is 3.43. The standard InChI is InChI=1S/C19H23NO4/c1-14-8-10-16(11-9-14)24-15(2)19(21)20-12-13-23-18-7-5-4-6-17(18)22-3/h4-11,15H,12-13H2,1-3H3,(H,20,21)/t15-/m0/s1. The molecule has 0 aliphatic carbocycles. The van der Waals surface area contributed by atoms with E-state index in [1.807, 2.05) is 55.5 Å². The van der Waals surface area contributed by atoms with Crippen LogP contribution in [0, 0.1) is 6.92 Å². The molecular weight excluding hydrogens is 306 g/mol. The van der Waals surface area contributed by atoms with Crippen molar-refractivity contribution in [2.75, 3.05) is 20.3 Å². The predicted molar refractivity (Wildman–Crippen MR) is 92.8 cm³/mol. The molecule has 0 unspecified atom stereocenters. The Balaban J connectivity index is 1.73. The Hall–Kier alpha value is -2.69. The number of benzene rings is 2. The predicted octanol–water partition coefficient (Wildman–Crippen LogP) is 2.97. The zero-order valence-corrected chi connectivity index (χ0v) is 14.2. The zero-order chi connectivity index (χ0) is 17.4. The van der Waals surface area contributed by atoms with Gasteiger partial charge in [0, 0.05) is 0 Å². The van der Waals surface area contributed by atoms with Gasteiger partial charge in [0.1, 0.15) is 12.4 Å². The lowest BCUT2D eigenvalue weighted by Gasteiger charge is -2.15. The fraction of sp³-hybridized carbons (Fsp3) is 0.316. The van der Waals surface area contributed by atoms with Crippen molar-refractivity contribution in [1.29, 1.82) is 0 Å². The van der Waals surface area contributed by atoms with Gasteiger partial charge in [-0.1, -0.05) is 29.8 Å². The van der Waals surface area contributed by atoms with Crippen molar-refractivity contribution in [2.45, 2.75) is 20.0 Å². The average molecular weight is 329 g/mol. The molecule has 0 heterocycles. The highest BCUT2D eigenvalue weighted by atomic mass is 16.5. The van der Waals surface area contributed by atoms with Crippen LogP contribution in [0.2, 0.25) is 0 Å². The second-order valence-corrected chi connectivity index (χ2v) is 5.36. The van der Waals surface area contributed by atoms with Crippen LogP contribution in [0.5, 0.6) is 17.2 Å². The van der Waals surface area contributed by atoms with Gasteiger partial charge in [-0.15, -0.1) is 0 Å². The molecule has 0 spiro atoms. The first-order valence-corrected chi connectivity index (χ1v) is 7.87. The number of hydrogen-bond acceptors (Lipinski definition) is 4. The van der Waals surface area contributed by atoms with Gasteiger partial charge >= 0.3 is 0 Å². The van der Waals surface area contributed by atoms with Gasteiger partial charge in [0.25, 0.3) is 5.91 Å². The smallest absolute Gasteiger partial charge is 0.260 e. The summed E-state index contributed by atoms with van der Waals surface area (Å²) in [7, 11) is 1.59. The van der Waals surface area contributed by atoms with Crippen LogP contribution in [0.15, 0.2) is 48.5 Å². The van der Waals surface area contributed by atoms with Gasteiger partial charge in [-0.25, -0.2) is 0 Å². The van der Waals surface area contributed by atoms with E-state index >= 15 is 0 Å². The Kier molecular flexibility index (Phi) is 6.49. The Bertz CT molecular complexity index is 655. The molecule has 0 saturated heterocycles. The first-order chi connectivity index (χ1) is 11.6. The Morgan fingerprint density at radius 2 is 1.75 bits per heavy atom. The number of para-hydroxylation sites is 2. The number of aryl methyl sites for hydroxylation is 1. The van der Waals surface area contributed by atoms with Crippen molar-refractivity contribution in [3.63, 3.8) is 0 Å². The van der Waals surface area contributed by atoms with Gasteiger partial charge in [-0.2, -0.15) is 0 Å². The van der Waals surface area contributed by atoms with Crippen LogP contribution in [0.25, 0.3) is 0 Å². The summed E-state index contributed by atoms with van der Waals surface area (Å²) in [5.74, 6) is 1.81. The number of ether oxygens (including phenoxy) is 3. The Morgan fingerprint density at radius 3 is 2.42 bits per heavy atom. The van der Waals surface area contributed by atoms with Crippen LogP contribution in [0.1, 0.15) is 12.5 Å². The quantitative estimate of drug-likeness (QED) is 0.757. The van der Waals surface area contributed by atoms with Gasteiger partial charge < -0.3 is 19.5 Å². The molecule has 128 valence electrons. The largest absolute Gasteiger partial charge is 0.493 e. The molecule has 0 radical (unpaired) electrons. The van der Waals surface area contributed by atoms with Gasteiger partial charge in [-0.05, 0) is 38.1 Å². The van der Waals surface area contributed by atoms with E-state index in [4.69, 9.17) is 14.2 Å². The minimum atomic E-state index is -0.570. The van der Waals surface area contributed by atoms with Crippen LogP contribution in [0.4, 0.5) is 0 Å². The summed E-state index contributed by atoms with van der Waals surface area (Å²) in [5.41, 5.74) is 1.15. The number of hydrogen-bond donors (Lipinski definition) is 1. The molecule has 0 fully saturated rings. The lowest BCUT2D eigenvalue weighted by atomic mass is 10.2. The van der Waals surface area contributed by atoms with Crippen LogP contribution in [-0.2, 0) is 4.79 Å². The summed E-state index contributed by atoms with van der Waals surface area (Å²) >= 11 is 0. The lowest BCUT2D eigenvalue weighted by Crippen LogP contribution is -2.38. The maximum Gasteiger partial charge on any atom is 0.260 e. The summed E-state index contributed by atoms with van der Waals surface area (Å²) in [4.78, 5) is 12.0. The summed E-state index contributed by atoms with van der Waals surface area (Å²) < 4.78 is 16.4. The maximum atomic E-state index is 12.0. The Morgan fingerprint density at radius 1 is 1.08 bits per heavy atom. The summed E-state index contributed by atoms with van der Waals surface area (Å²) in [6.07, 6.45) is -0.570. The summed E-state index contributed by atoms with van der Waals surface area (Å²) in [6, 6.07) is 15.0. The van der Waals surface area contributed by atoms with Crippen LogP contribution in [-0.4, -0.2) is 32.3 Å². The fourth-order valence-corrected chi connectivity index (χ4v) is 2.09. The molecule has 0 aliphatic rings. The number of rotatable bonds is 8. The number of nitrogens with one attached hydrogen (secondary N) is 1. The topological polar surface area (TPSA) is 56.8 Å². The van der Waals surface area contributed by atoms with Crippen molar-refractivity contribution >= 4 is 5.91 Å². The third-order valence-corrected chi connectivity index (χ3v) is 3.43. The highest BCUT2D eigenvalue weighted by Crippen LogP contribution is 2.25. The van der Waals surface area contributed by atoms with E-state index in [1.54, 1.807) is 14.0 Å². The number of carbonyl (C=O) groups is 1. The average Bonchev–Trinajstić information content (AvgIpc) is 2.60. The van der Waals surface area contributed by atoms with Crippen LogP contribution < -0.4 is 19.5 Å². The molecule has 5 heteroatoms. The molecule has 2 rings (SSSR count). The van der Waals surface area contributed by atoms with Crippen molar-refractivity contribution in [3.8, 4) is 17.2 Å². The maximum absolute atomic E-state index is 12.0. The molecule has 0 saturated carbocycles. The minimum absolute atomic E-state index is 0.181. The molecular formula is C19H23NO4. The van der Waals surface area contributed by atoms with E-state index in [2.05, 4.69) is 5.32 Å². The minimum Gasteiger partial charge on any atom is -0.493 e. The molecule has 5 nitrogen and oxygen atoms in total. The van der Waals surface area contributed by atoms with E-state index in [0.717, 1.165) is 5.56 Å². The number of amides is 1. The van der Waals surface area contributed by atoms with E-state index in [9.17, 15) is 4.79 Å². The first kappa shape index (κ1) is 17.7. The van der Waals surface area contributed by atoms with E-state index in [0.29, 0.717) is 30.4 Å². The lowest BCUT2D eigenvalue weighted by molar-refractivity contribution is -0.127. The van der Waals surface area contributed by atoms with Crippen LogP contribution in [0.3, 0.4) is 0 Å². The van der Waals surface area contributed by atoms with Gasteiger partial charge in [0.05, 0.1) is 13.7 Å². The molecule has 2 aromatic carbocycles. The number of methoxy groups -OCH3 is 1. The highest BCUT2D eigenvalue weighted by Gasteiger charge is 2.14. The molecule has 0 aliphatic heterocycles. The SMILES string of the molecule is COc1ccccc1OCCNC(=O)[C@H](C)Oc1ccc(C)cc1. The number of carbonyl (C=O) groups excluding carboxylic acids is 1. The Labute approximate surface area is 142 Å². The van der Waals surface area contributed by atoms with E-state index in [1.165, 1.54) is 0 Å². The van der Waals surface area contributed by atoms with Gasteiger partial charge in [-0.3, -0.25) is 4.79 Å². The molecule has 0 aromatic heterocycles. The third kappa shape index (κ3) is 5.19. The molecule has 1 amide bonds. The van der Waals surface area contributed by atoms with Crippen molar-refractivity contribution in [3.05, 3.63) is 54.1 Å². The zero-order valence-electron chi connectivity index (χ0n) is 14.2. The molecule has 24 heavy (non-hydrogen) atoms. The van der Waals surface area contributed by atoms with Gasteiger partial charge in [0.15, 0.2) is 17.6 Å². The van der Waals surface area contributed by atoms with E-state index in [-0.39, 0.29) is 5.91 Å². The molecule has 1 N–H and O–H groups in total. The fourth-order valence-electron chi connectivity index (χ4n) is 2.09.